The maximum absolute atomic E-state index is 14.2. The zero-order chi connectivity index (χ0) is 37.0. The Balaban J connectivity index is 7.52. The van der Waals surface area contributed by atoms with E-state index in [9.17, 15) is 127 Å². The van der Waals surface area contributed by atoms with E-state index in [0.717, 1.165) is 0 Å². The van der Waals surface area contributed by atoms with E-state index in [1.54, 1.807) is 0 Å². The average molecular weight is 796 g/mol. The van der Waals surface area contributed by atoms with Crippen LogP contribution in [0, 0.1) is 0 Å². The normalized spacial score (nSPS) is 18.4. The van der Waals surface area contributed by atoms with Crippen LogP contribution in [-0.4, -0.2) is 98.8 Å². The Morgan fingerprint density at radius 1 is 0.182 bits per heavy atom. The zero-order valence-corrected chi connectivity index (χ0v) is 21.0. The molecule has 0 aliphatic carbocycles. The molecule has 0 aliphatic heterocycles. The van der Waals surface area contributed by atoms with Crippen LogP contribution in [0.5, 0.6) is 0 Å². The molecule has 0 nitrogen and oxygen atoms in total. The third-order valence-corrected chi connectivity index (χ3v) is 6.70. The van der Waals surface area contributed by atoms with Crippen molar-refractivity contribution < 1.29 is 127 Å². The average Bonchev–Trinajstić information content (AvgIpc) is 2.75. The van der Waals surface area contributed by atoms with E-state index in [0.29, 0.717) is 0 Å². The van der Waals surface area contributed by atoms with Gasteiger partial charge >= 0.3 is 226 Å². The number of rotatable bonds is 11. The van der Waals surface area contributed by atoms with Gasteiger partial charge in [0.1, 0.15) is 0 Å². The van der Waals surface area contributed by atoms with Gasteiger partial charge in [0.15, 0.2) is 0 Å². The summed E-state index contributed by atoms with van der Waals surface area (Å²) in [7, 11) is 0. The second kappa shape index (κ2) is 10.0. The summed E-state index contributed by atoms with van der Waals surface area (Å²) in [4.78, 5) is 0. The first-order valence-corrected chi connectivity index (χ1v) is 10.2. The van der Waals surface area contributed by atoms with E-state index in [-0.39, 0.29) is 0 Å². The first-order valence-electron chi connectivity index (χ1n) is 9.02. The molecule has 0 aliphatic rings. The monoisotopic (exact) mass is 796 g/mol. The fourth-order valence-corrected chi connectivity index (χ4v) is 3.15. The van der Waals surface area contributed by atoms with Crippen molar-refractivity contribution in [2.24, 2.45) is 0 Å². The first-order chi connectivity index (χ1) is 18.2. The second-order valence-electron chi connectivity index (χ2n) is 8.03. The predicted octanol–water partition coefficient (Wildman–Crippen LogP) is 8.40. The molecule has 0 bridgehead atoms. The molecule has 30 heteroatoms. The summed E-state index contributed by atoms with van der Waals surface area (Å²) < 4.78 is 372. The van der Waals surface area contributed by atoms with Gasteiger partial charge in [0.2, 0.25) is 0 Å². The van der Waals surface area contributed by atoms with Crippen molar-refractivity contribution in [3.05, 3.63) is 0 Å². The van der Waals surface area contributed by atoms with Gasteiger partial charge in [-0.05, 0) is 0 Å². The van der Waals surface area contributed by atoms with Crippen molar-refractivity contribution in [3.63, 3.8) is 0 Å². The zero-order valence-electron chi connectivity index (χ0n) is 18.5. The fourth-order valence-electron chi connectivity index (χ4n) is 2.39. The fraction of sp³-hybridized carbons (Fsp3) is 1.00. The molecule has 0 spiro atoms. The van der Waals surface area contributed by atoms with Crippen LogP contribution in [0.4, 0.5) is 127 Å². The van der Waals surface area contributed by atoms with Crippen LogP contribution in [0.3, 0.4) is 0 Å². The van der Waals surface area contributed by atoms with Crippen LogP contribution in [0.1, 0.15) is 0 Å². The van der Waals surface area contributed by atoms with Crippen molar-refractivity contribution in [3.8, 4) is 0 Å². The Labute approximate surface area is 227 Å². The molecule has 0 amide bonds. The van der Waals surface area contributed by atoms with Crippen LogP contribution in [0.2, 0.25) is 0 Å². The molecule has 44 heavy (non-hydrogen) atoms. The molecule has 0 saturated carbocycles. The Morgan fingerprint density at radius 3 is 0.432 bits per heavy atom. The molecule has 0 aromatic heterocycles. The van der Waals surface area contributed by atoms with Gasteiger partial charge in [0, 0.05) is 0 Å². The van der Waals surface area contributed by atoms with Gasteiger partial charge in [-0.2, -0.15) is 0 Å². The molecule has 0 heterocycles. The maximum atomic E-state index is 14.2. The summed E-state index contributed by atoms with van der Waals surface area (Å²) in [5.41, 5.74) is 0. The van der Waals surface area contributed by atoms with Crippen LogP contribution in [0.25, 0.3) is 0 Å². The van der Waals surface area contributed by atoms with Crippen molar-refractivity contribution in [2.75, 3.05) is 0 Å². The molecule has 2 atom stereocenters. The van der Waals surface area contributed by atoms with Gasteiger partial charge in [-0.15, -0.1) is 0 Å². The van der Waals surface area contributed by atoms with E-state index in [4.69, 9.17) is 0 Å². The number of alkyl halides is 29. The minimum absolute atomic E-state index is 3.27. The summed E-state index contributed by atoms with van der Waals surface area (Å²) in [5.74, 6) is -101. The molecule has 0 aromatic rings. The SMILES string of the molecule is FC(F)(F)C(F)(F)C(F)(F)C(F)(F)C(F)(F)C(F)(F)C(F)(F)C(F)([AsH2])C(F)(F)C(F)(F)C(F)(F)C(F)(F)C(F)(F)C(F)(F)F. The van der Waals surface area contributed by atoms with Crippen LogP contribution >= 0.6 is 0 Å². The molecule has 0 saturated heterocycles. The van der Waals surface area contributed by atoms with Crippen molar-refractivity contribution in [2.45, 2.75) is 82.0 Å². The third-order valence-electron chi connectivity index (χ3n) is 5.17. The number of halogens is 29. The van der Waals surface area contributed by atoms with Crippen molar-refractivity contribution in [1.82, 2.24) is 0 Å². The molecular weight excluding hydrogens is 794 g/mol. The molecule has 0 rings (SSSR count). The van der Waals surface area contributed by atoms with E-state index in [1.165, 1.54) is 0 Å². The van der Waals surface area contributed by atoms with Crippen LogP contribution < -0.4 is 0 Å². The second-order valence-corrected chi connectivity index (χ2v) is 9.69. The van der Waals surface area contributed by atoms with E-state index >= 15 is 0 Å². The van der Waals surface area contributed by atoms with Gasteiger partial charge in [-0.25, -0.2) is 0 Å². The van der Waals surface area contributed by atoms with Crippen LogP contribution in [0.15, 0.2) is 0 Å². The van der Waals surface area contributed by atoms with E-state index in [1.807, 2.05) is 0 Å². The van der Waals surface area contributed by atoms with Gasteiger partial charge in [-0.3, -0.25) is 0 Å². The molecule has 0 N–H and O–H groups in total. The summed E-state index contributed by atoms with van der Waals surface area (Å²) in [6.07, 6.45) is -16.4. The number of hydrogen-bond donors (Lipinski definition) is 0. The Hall–Kier alpha value is -1.47. The Bertz CT molecular complexity index is 969. The quantitative estimate of drug-likeness (QED) is 0.146. The van der Waals surface area contributed by atoms with Gasteiger partial charge in [0.05, 0.1) is 0 Å². The van der Waals surface area contributed by atoms with E-state index in [2.05, 4.69) is 0 Å². The van der Waals surface area contributed by atoms with Crippen molar-refractivity contribution >= 4 is 16.9 Å². The summed E-state index contributed by atoms with van der Waals surface area (Å²) in [6, 6.07) is 0. The molecule has 0 aromatic carbocycles. The third kappa shape index (κ3) is 4.74. The molecule has 0 radical (unpaired) electrons. The summed E-state index contributed by atoms with van der Waals surface area (Å²) >= 11 is -3.27. The topological polar surface area (TPSA) is 0 Å². The minimum atomic E-state index is -9.54. The predicted molar refractivity (Wildman–Crippen MR) is 78.9 cm³/mol. The van der Waals surface area contributed by atoms with Gasteiger partial charge in [-0.1, -0.05) is 0 Å². The molecular formula is C14H2AsF29. The molecule has 2 unspecified atom stereocenters. The Morgan fingerprint density at radius 2 is 0.295 bits per heavy atom. The summed E-state index contributed by atoms with van der Waals surface area (Å²) in [6.45, 7) is 0. The van der Waals surface area contributed by atoms with Gasteiger partial charge < -0.3 is 0 Å². The van der Waals surface area contributed by atoms with E-state index < -0.39 is 98.8 Å². The van der Waals surface area contributed by atoms with Crippen molar-refractivity contribution in [1.29, 1.82) is 0 Å². The molecule has 266 valence electrons. The number of hydrogen-bond acceptors (Lipinski definition) is 0. The molecule has 0 fully saturated rings. The van der Waals surface area contributed by atoms with Gasteiger partial charge in [0.25, 0.3) is 0 Å². The summed E-state index contributed by atoms with van der Waals surface area (Å²) in [5, 5.41) is 0. The van der Waals surface area contributed by atoms with Crippen LogP contribution in [-0.2, 0) is 0 Å². The first kappa shape index (κ1) is 42.5. The standard InChI is InChI=1S/C14H2AsF29/c15-1(16,3(19,20)5(23,24)7(27,28)9(31,32)11(35,36)13(39,40)41)2(17,18)4(21,22)6(25,26)8(29,30)10(33,34)12(37,38)14(42,43)44/h15H2. The Kier molecular flexibility index (Phi) is 9.68.